The Morgan fingerprint density at radius 1 is 0.750 bits per heavy atom. The summed E-state index contributed by atoms with van der Waals surface area (Å²) in [5.74, 6) is 0. The molecule has 3 rings (SSSR count). The lowest BCUT2D eigenvalue weighted by Crippen LogP contribution is -2.54. The number of benzene rings is 3. The van der Waals surface area contributed by atoms with Crippen molar-refractivity contribution in [1.82, 2.24) is 15.5 Å². The molecule has 0 saturated carbocycles. The van der Waals surface area contributed by atoms with E-state index in [1.54, 1.807) is 25.7 Å². The number of nitrogens with one attached hydrogen (secondary N) is 2. The molecule has 0 aromatic heterocycles. The first-order valence-electron chi connectivity index (χ1n) is 12.0. The van der Waals surface area contributed by atoms with Crippen molar-refractivity contribution in [2.45, 2.75) is 52.2 Å². The first kappa shape index (κ1) is 26.8. The van der Waals surface area contributed by atoms with Crippen LogP contribution < -0.4 is 10.6 Å². The molecule has 0 aliphatic carbocycles. The van der Waals surface area contributed by atoms with E-state index in [-0.39, 0.29) is 12.6 Å². The van der Waals surface area contributed by atoms with Gasteiger partial charge in [-0.3, -0.25) is 5.32 Å². The van der Waals surface area contributed by atoms with Gasteiger partial charge in [-0.25, -0.2) is 9.59 Å². The average Bonchev–Trinajstić information content (AvgIpc) is 2.84. The number of nitrogens with zero attached hydrogens (tertiary/aromatic N) is 1. The Morgan fingerprint density at radius 3 is 1.69 bits per heavy atom. The van der Waals surface area contributed by atoms with Crippen LogP contribution in [0.4, 0.5) is 9.59 Å². The van der Waals surface area contributed by atoms with Crippen molar-refractivity contribution in [3.8, 4) is 0 Å². The first-order chi connectivity index (χ1) is 17.3. The largest absolute Gasteiger partial charge is 0.444 e. The zero-order chi connectivity index (χ0) is 25.8. The lowest BCUT2D eigenvalue weighted by atomic mass is 10.2. The third-order valence-corrected chi connectivity index (χ3v) is 5.10. The van der Waals surface area contributed by atoms with Gasteiger partial charge in [0.25, 0.3) is 0 Å². The summed E-state index contributed by atoms with van der Waals surface area (Å²) in [6.45, 7) is 6.59. The minimum Gasteiger partial charge on any atom is -0.444 e. The Labute approximate surface area is 213 Å². The van der Waals surface area contributed by atoms with Crippen LogP contribution in [0.2, 0.25) is 0 Å². The highest BCUT2D eigenvalue weighted by atomic mass is 16.6. The van der Waals surface area contributed by atoms with E-state index in [2.05, 4.69) is 10.6 Å². The highest BCUT2D eigenvalue weighted by molar-refractivity contribution is 5.76. The van der Waals surface area contributed by atoms with Crippen LogP contribution in [0.1, 0.15) is 37.5 Å². The van der Waals surface area contributed by atoms with Crippen molar-refractivity contribution in [2.75, 3.05) is 6.61 Å². The molecule has 7 heteroatoms. The Morgan fingerprint density at radius 2 is 1.22 bits per heavy atom. The Kier molecular flexibility index (Phi) is 9.89. The molecular formula is C29H35N3O4. The SMILES string of the molecule is CC(C)(C)OC(=O)N[C@@H](COCc1ccccc1)NC(=O)N(Cc1ccccc1)Cc1ccccc1. The number of ether oxygens (including phenoxy) is 2. The quantitative estimate of drug-likeness (QED) is 0.370. The van der Waals surface area contributed by atoms with E-state index < -0.39 is 17.9 Å². The third-order valence-electron chi connectivity index (χ3n) is 5.10. The summed E-state index contributed by atoms with van der Waals surface area (Å²) in [4.78, 5) is 27.6. The van der Waals surface area contributed by atoms with Gasteiger partial charge < -0.3 is 19.7 Å². The second-order valence-electron chi connectivity index (χ2n) is 9.48. The molecule has 3 amide bonds. The Balaban J connectivity index is 1.71. The molecule has 0 saturated heterocycles. The standard InChI is InChI=1S/C29H35N3O4/c1-29(2,3)36-28(34)31-26(22-35-21-25-17-11-6-12-18-25)30-27(33)32(19-23-13-7-4-8-14-23)20-24-15-9-5-10-16-24/h4-18,26H,19-22H2,1-3H3,(H,30,33)(H,31,34)/t26-/m0/s1. The van der Waals surface area contributed by atoms with Crippen LogP contribution in [0, 0.1) is 0 Å². The van der Waals surface area contributed by atoms with E-state index in [1.165, 1.54) is 0 Å². The van der Waals surface area contributed by atoms with Gasteiger partial charge in [0.05, 0.1) is 13.2 Å². The fourth-order valence-corrected chi connectivity index (χ4v) is 3.49. The molecule has 0 aliphatic rings. The van der Waals surface area contributed by atoms with Crippen molar-refractivity contribution in [3.63, 3.8) is 0 Å². The second-order valence-corrected chi connectivity index (χ2v) is 9.48. The topological polar surface area (TPSA) is 79.9 Å². The highest BCUT2D eigenvalue weighted by Crippen LogP contribution is 2.11. The van der Waals surface area contributed by atoms with E-state index >= 15 is 0 Å². The number of carbonyl (C=O) groups is 2. The molecule has 0 fully saturated rings. The van der Waals surface area contributed by atoms with Gasteiger partial charge >= 0.3 is 12.1 Å². The zero-order valence-electron chi connectivity index (χ0n) is 21.1. The summed E-state index contributed by atoms with van der Waals surface area (Å²) in [6, 6.07) is 28.9. The maximum absolute atomic E-state index is 13.4. The van der Waals surface area contributed by atoms with Gasteiger partial charge in [-0.1, -0.05) is 91.0 Å². The van der Waals surface area contributed by atoms with Crippen LogP contribution in [0.5, 0.6) is 0 Å². The predicted octanol–water partition coefficient (Wildman–Crippen LogP) is 5.47. The maximum Gasteiger partial charge on any atom is 0.409 e. The number of hydrogen-bond acceptors (Lipinski definition) is 4. The van der Waals surface area contributed by atoms with Crippen LogP contribution in [0.3, 0.4) is 0 Å². The zero-order valence-corrected chi connectivity index (χ0v) is 21.1. The molecule has 0 aliphatic heterocycles. The van der Waals surface area contributed by atoms with Crippen molar-refractivity contribution in [1.29, 1.82) is 0 Å². The smallest absolute Gasteiger partial charge is 0.409 e. The number of rotatable bonds is 10. The normalized spacial score (nSPS) is 11.9. The second kappa shape index (κ2) is 13.3. The highest BCUT2D eigenvalue weighted by Gasteiger charge is 2.23. The summed E-state index contributed by atoms with van der Waals surface area (Å²) in [5.41, 5.74) is 2.33. The lowest BCUT2D eigenvalue weighted by molar-refractivity contribution is 0.0404. The molecule has 0 heterocycles. The van der Waals surface area contributed by atoms with E-state index in [0.717, 1.165) is 16.7 Å². The number of amides is 3. The molecular weight excluding hydrogens is 454 g/mol. The molecule has 7 nitrogen and oxygen atoms in total. The van der Waals surface area contributed by atoms with Gasteiger partial charge in [0.2, 0.25) is 0 Å². The van der Waals surface area contributed by atoms with E-state index in [0.29, 0.717) is 19.7 Å². The fraction of sp³-hybridized carbons (Fsp3) is 0.310. The predicted molar refractivity (Wildman–Crippen MR) is 140 cm³/mol. The monoisotopic (exact) mass is 489 g/mol. The van der Waals surface area contributed by atoms with E-state index in [4.69, 9.17) is 9.47 Å². The molecule has 0 radical (unpaired) electrons. The number of alkyl carbamates (subject to hydrolysis) is 1. The fourth-order valence-electron chi connectivity index (χ4n) is 3.49. The van der Waals surface area contributed by atoms with Crippen molar-refractivity contribution >= 4 is 12.1 Å². The molecule has 3 aromatic carbocycles. The molecule has 3 aromatic rings. The molecule has 0 spiro atoms. The molecule has 1 atom stereocenters. The van der Waals surface area contributed by atoms with Gasteiger partial charge in [0.15, 0.2) is 0 Å². The van der Waals surface area contributed by atoms with Gasteiger partial charge in [0.1, 0.15) is 11.8 Å². The third kappa shape index (κ3) is 9.80. The number of carbonyl (C=O) groups excluding carboxylic acids is 2. The van der Waals surface area contributed by atoms with Crippen molar-refractivity contribution in [2.24, 2.45) is 0 Å². The lowest BCUT2D eigenvalue weighted by Gasteiger charge is -2.28. The molecule has 190 valence electrons. The summed E-state index contributed by atoms with van der Waals surface area (Å²) < 4.78 is 11.2. The van der Waals surface area contributed by atoms with Crippen LogP contribution in [0.15, 0.2) is 91.0 Å². The molecule has 2 N–H and O–H groups in total. The minimum atomic E-state index is -0.787. The van der Waals surface area contributed by atoms with Crippen LogP contribution in [-0.2, 0) is 29.2 Å². The Hall–Kier alpha value is -3.84. The average molecular weight is 490 g/mol. The molecule has 0 unspecified atom stereocenters. The van der Waals surface area contributed by atoms with Crippen molar-refractivity contribution < 1.29 is 19.1 Å². The van der Waals surface area contributed by atoms with Crippen molar-refractivity contribution in [3.05, 3.63) is 108 Å². The van der Waals surface area contributed by atoms with Crippen LogP contribution in [0.25, 0.3) is 0 Å². The minimum absolute atomic E-state index is 0.0738. The van der Waals surface area contributed by atoms with Gasteiger partial charge in [0, 0.05) is 13.1 Å². The number of urea groups is 1. The summed E-state index contributed by atoms with van der Waals surface area (Å²) in [7, 11) is 0. The van der Waals surface area contributed by atoms with E-state index in [9.17, 15) is 9.59 Å². The maximum atomic E-state index is 13.4. The van der Waals surface area contributed by atoms with Gasteiger partial charge in [-0.05, 0) is 37.5 Å². The summed E-state index contributed by atoms with van der Waals surface area (Å²) in [6.07, 6.45) is -1.42. The van der Waals surface area contributed by atoms with E-state index in [1.807, 2.05) is 91.0 Å². The van der Waals surface area contributed by atoms with Crippen LogP contribution >= 0.6 is 0 Å². The van der Waals surface area contributed by atoms with Crippen LogP contribution in [-0.4, -0.2) is 35.4 Å². The molecule has 36 heavy (non-hydrogen) atoms. The number of hydrogen-bond donors (Lipinski definition) is 2. The van der Waals surface area contributed by atoms with Gasteiger partial charge in [-0.15, -0.1) is 0 Å². The Bertz CT molecular complexity index is 1030. The summed E-state index contributed by atoms with van der Waals surface area (Å²) in [5, 5.41) is 5.64. The first-order valence-corrected chi connectivity index (χ1v) is 12.0. The molecule has 0 bridgehead atoms. The summed E-state index contributed by atoms with van der Waals surface area (Å²) >= 11 is 0. The van der Waals surface area contributed by atoms with Gasteiger partial charge in [-0.2, -0.15) is 0 Å².